The lowest BCUT2D eigenvalue weighted by atomic mass is 10.0. The zero-order valence-corrected chi connectivity index (χ0v) is 17.2. The third-order valence-corrected chi connectivity index (χ3v) is 5.18. The fraction of sp³-hybridized carbons (Fsp3) is 0.381. The van der Waals surface area contributed by atoms with Crippen molar-refractivity contribution in [3.05, 3.63) is 52.1 Å². The van der Waals surface area contributed by atoms with E-state index in [1.54, 1.807) is 14.2 Å². The molecule has 1 saturated heterocycles. The number of nitrogens with one attached hydrogen (secondary N) is 1. The molecule has 1 aliphatic heterocycles. The molecule has 9 nitrogen and oxygen atoms in total. The summed E-state index contributed by atoms with van der Waals surface area (Å²) in [6.45, 7) is 0.963. The number of nitro groups is 1. The molecule has 2 aromatic carbocycles. The highest BCUT2D eigenvalue weighted by Crippen LogP contribution is 2.38. The average Bonchev–Trinajstić information content (AvgIpc) is 3.20. The van der Waals surface area contributed by atoms with Gasteiger partial charge in [0.2, 0.25) is 5.91 Å². The largest absolute Gasteiger partial charge is 0.497 e. The molecule has 1 fully saturated rings. The first-order valence-electron chi connectivity index (χ1n) is 9.55. The van der Waals surface area contributed by atoms with Gasteiger partial charge in [0.25, 0.3) is 5.69 Å². The van der Waals surface area contributed by atoms with Gasteiger partial charge in [-0.05, 0) is 31.5 Å². The molecular weight excluding hydrogens is 390 g/mol. The van der Waals surface area contributed by atoms with Crippen LogP contribution < -0.4 is 19.5 Å². The number of nitrogens with zero attached hydrogens (tertiary/aromatic N) is 2. The topological polar surface area (TPSA) is 103 Å². The number of ether oxygens (including phenoxy) is 3. The number of carbonyl (C=O) groups excluding carboxylic acids is 1. The normalized spacial score (nSPS) is 16.2. The van der Waals surface area contributed by atoms with Crippen LogP contribution in [0, 0.1) is 10.1 Å². The number of carbonyl (C=O) groups is 1. The van der Waals surface area contributed by atoms with E-state index in [0.717, 1.165) is 30.7 Å². The lowest BCUT2D eigenvalue weighted by Gasteiger charge is -2.26. The summed E-state index contributed by atoms with van der Waals surface area (Å²) in [5.74, 6) is 1.46. The zero-order chi connectivity index (χ0) is 21.7. The quantitative estimate of drug-likeness (QED) is 0.521. The standard InChI is InChI=1S/C21H25N3O6/c1-28-15-7-8-16(19(12-15)29-2)18-5-4-10-23(18)13-21(25)22-17-9-6-14(24(26)27)11-20(17)30-3/h6-9,11-12,18H,4-5,10,13H2,1-3H3,(H,22,25). The monoisotopic (exact) mass is 415 g/mol. The number of nitro benzene ring substituents is 1. The fourth-order valence-corrected chi connectivity index (χ4v) is 3.73. The Hall–Kier alpha value is -3.33. The molecular formula is C21H25N3O6. The summed E-state index contributed by atoms with van der Waals surface area (Å²) in [7, 11) is 4.62. The molecule has 1 N–H and O–H groups in total. The molecule has 2 aromatic rings. The molecule has 1 heterocycles. The van der Waals surface area contributed by atoms with Crippen LogP contribution in [0.5, 0.6) is 17.2 Å². The number of non-ortho nitro benzene ring substituents is 1. The summed E-state index contributed by atoms with van der Waals surface area (Å²) >= 11 is 0. The lowest BCUT2D eigenvalue weighted by molar-refractivity contribution is -0.384. The van der Waals surface area contributed by atoms with Crippen molar-refractivity contribution < 1.29 is 23.9 Å². The van der Waals surface area contributed by atoms with Crippen LogP contribution in [0.1, 0.15) is 24.4 Å². The third kappa shape index (κ3) is 4.62. The van der Waals surface area contributed by atoms with Crippen molar-refractivity contribution in [3.63, 3.8) is 0 Å². The van der Waals surface area contributed by atoms with Crippen LogP contribution >= 0.6 is 0 Å². The number of hydrogen-bond donors (Lipinski definition) is 1. The van der Waals surface area contributed by atoms with E-state index >= 15 is 0 Å². The maximum atomic E-state index is 12.7. The van der Waals surface area contributed by atoms with Gasteiger partial charge in [0.05, 0.1) is 44.6 Å². The minimum Gasteiger partial charge on any atom is -0.497 e. The van der Waals surface area contributed by atoms with Gasteiger partial charge in [-0.15, -0.1) is 0 Å². The van der Waals surface area contributed by atoms with Gasteiger partial charge in [-0.3, -0.25) is 19.8 Å². The molecule has 1 unspecified atom stereocenters. The molecule has 0 aliphatic carbocycles. The Balaban J connectivity index is 1.73. The second kappa shape index (κ2) is 9.45. The van der Waals surface area contributed by atoms with Crippen molar-refractivity contribution in [3.8, 4) is 17.2 Å². The van der Waals surface area contributed by atoms with Gasteiger partial charge in [-0.25, -0.2) is 0 Å². The highest BCUT2D eigenvalue weighted by atomic mass is 16.6. The Labute approximate surface area is 174 Å². The van der Waals surface area contributed by atoms with Crippen molar-refractivity contribution in [1.82, 2.24) is 4.90 Å². The predicted octanol–water partition coefficient (Wildman–Crippen LogP) is 3.40. The van der Waals surface area contributed by atoms with Crippen molar-refractivity contribution in [2.45, 2.75) is 18.9 Å². The van der Waals surface area contributed by atoms with Crippen molar-refractivity contribution in [1.29, 1.82) is 0 Å². The number of rotatable bonds is 8. The summed E-state index contributed by atoms with van der Waals surface area (Å²) in [5.41, 5.74) is 1.30. The Morgan fingerprint density at radius 2 is 1.90 bits per heavy atom. The highest BCUT2D eigenvalue weighted by molar-refractivity contribution is 5.94. The van der Waals surface area contributed by atoms with Gasteiger partial charge in [-0.2, -0.15) is 0 Å². The van der Waals surface area contributed by atoms with Gasteiger partial charge >= 0.3 is 0 Å². The van der Waals surface area contributed by atoms with Crippen LogP contribution in [0.3, 0.4) is 0 Å². The van der Waals surface area contributed by atoms with Crippen LogP contribution in [-0.4, -0.2) is 50.1 Å². The van der Waals surface area contributed by atoms with E-state index < -0.39 is 4.92 Å². The molecule has 1 atom stereocenters. The van der Waals surface area contributed by atoms with E-state index in [9.17, 15) is 14.9 Å². The molecule has 0 bridgehead atoms. The van der Waals surface area contributed by atoms with Gasteiger partial charge < -0.3 is 19.5 Å². The van der Waals surface area contributed by atoms with Crippen molar-refractivity contribution in [2.24, 2.45) is 0 Å². The van der Waals surface area contributed by atoms with Gasteiger partial charge in [0.15, 0.2) is 0 Å². The maximum Gasteiger partial charge on any atom is 0.273 e. The number of amides is 1. The number of hydrogen-bond acceptors (Lipinski definition) is 7. The summed E-state index contributed by atoms with van der Waals surface area (Å²) in [6.07, 6.45) is 1.88. The second-order valence-electron chi connectivity index (χ2n) is 6.93. The molecule has 0 spiro atoms. The first-order chi connectivity index (χ1) is 14.5. The molecule has 0 aromatic heterocycles. The van der Waals surface area contributed by atoms with Crippen LogP contribution in [0.2, 0.25) is 0 Å². The SMILES string of the molecule is COc1ccc(C2CCCN2CC(=O)Nc2ccc([N+](=O)[O-])cc2OC)c(OC)c1. The lowest BCUT2D eigenvalue weighted by Crippen LogP contribution is -2.33. The molecule has 1 amide bonds. The summed E-state index contributed by atoms with van der Waals surface area (Å²) in [6, 6.07) is 9.84. The molecule has 1 aliphatic rings. The van der Waals surface area contributed by atoms with Gasteiger partial charge in [0, 0.05) is 23.7 Å². The molecule has 0 saturated carbocycles. The van der Waals surface area contributed by atoms with Gasteiger partial charge in [-0.1, -0.05) is 6.07 Å². The maximum absolute atomic E-state index is 12.7. The number of benzene rings is 2. The highest BCUT2D eigenvalue weighted by Gasteiger charge is 2.30. The third-order valence-electron chi connectivity index (χ3n) is 5.18. The summed E-state index contributed by atoms with van der Waals surface area (Å²) < 4.78 is 16.0. The first-order valence-corrected chi connectivity index (χ1v) is 9.55. The van der Waals surface area contributed by atoms with E-state index in [0.29, 0.717) is 11.4 Å². The fourth-order valence-electron chi connectivity index (χ4n) is 3.73. The first kappa shape index (κ1) is 21.4. The van der Waals surface area contributed by atoms with Crippen LogP contribution in [-0.2, 0) is 4.79 Å². The van der Waals surface area contributed by atoms with Crippen LogP contribution in [0.4, 0.5) is 11.4 Å². The van der Waals surface area contributed by atoms with Crippen LogP contribution in [0.15, 0.2) is 36.4 Å². The van der Waals surface area contributed by atoms with E-state index in [2.05, 4.69) is 10.2 Å². The second-order valence-corrected chi connectivity index (χ2v) is 6.93. The zero-order valence-electron chi connectivity index (χ0n) is 17.2. The average molecular weight is 415 g/mol. The van der Waals surface area contributed by atoms with E-state index in [-0.39, 0.29) is 29.9 Å². The molecule has 160 valence electrons. The Morgan fingerprint density at radius 1 is 1.13 bits per heavy atom. The number of likely N-dealkylation sites (tertiary alicyclic amines) is 1. The summed E-state index contributed by atoms with van der Waals surface area (Å²) in [5, 5.41) is 13.7. The van der Waals surface area contributed by atoms with Crippen molar-refractivity contribution >= 4 is 17.3 Å². The predicted molar refractivity (Wildman–Crippen MR) is 111 cm³/mol. The number of methoxy groups -OCH3 is 3. The van der Waals surface area contributed by atoms with Crippen molar-refractivity contribution in [2.75, 3.05) is 39.7 Å². The van der Waals surface area contributed by atoms with E-state index in [4.69, 9.17) is 14.2 Å². The Kier molecular flexibility index (Phi) is 6.73. The minimum absolute atomic E-state index is 0.0513. The molecule has 9 heteroatoms. The number of anilines is 1. The Morgan fingerprint density at radius 3 is 2.57 bits per heavy atom. The molecule has 30 heavy (non-hydrogen) atoms. The summed E-state index contributed by atoms with van der Waals surface area (Å²) in [4.78, 5) is 25.2. The van der Waals surface area contributed by atoms with E-state index in [1.807, 2.05) is 18.2 Å². The van der Waals surface area contributed by atoms with Crippen LogP contribution in [0.25, 0.3) is 0 Å². The van der Waals surface area contributed by atoms with Gasteiger partial charge in [0.1, 0.15) is 17.2 Å². The van der Waals surface area contributed by atoms with E-state index in [1.165, 1.54) is 25.3 Å². The molecule has 0 radical (unpaired) electrons. The minimum atomic E-state index is -0.509. The Bertz CT molecular complexity index is 933. The smallest absolute Gasteiger partial charge is 0.273 e. The molecule has 3 rings (SSSR count).